The molecule has 0 heterocycles. The Balaban J connectivity index is 0.000000313. The fraction of sp³-hybridized carbons (Fsp3) is 0.250. The second-order valence-corrected chi connectivity index (χ2v) is 7.01. The van der Waals surface area contributed by atoms with Crippen molar-refractivity contribution in [3.8, 4) is 28.4 Å². The number of phenols is 3. The van der Waals surface area contributed by atoms with Gasteiger partial charge in [0.1, 0.15) is 17.2 Å². The van der Waals surface area contributed by atoms with Crippen molar-refractivity contribution in [3.05, 3.63) is 75.8 Å². The van der Waals surface area contributed by atoms with E-state index in [4.69, 9.17) is 5.11 Å². The zero-order valence-electron chi connectivity index (χ0n) is 16.9. The lowest BCUT2D eigenvalue weighted by Gasteiger charge is -2.18. The van der Waals surface area contributed by atoms with Crippen LogP contribution in [0.1, 0.15) is 33.4 Å². The molecular formula is C24H28O3. The van der Waals surface area contributed by atoms with Gasteiger partial charge in [-0.25, -0.2) is 0 Å². The van der Waals surface area contributed by atoms with E-state index in [-0.39, 0.29) is 0 Å². The Bertz CT molecular complexity index is 896. The molecule has 0 atom stereocenters. The number of aromatic hydroxyl groups is 3. The topological polar surface area (TPSA) is 60.7 Å². The molecule has 0 aliphatic carbocycles. The van der Waals surface area contributed by atoms with Gasteiger partial charge in [0.2, 0.25) is 0 Å². The van der Waals surface area contributed by atoms with Crippen LogP contribution in [0.5, 0.6) is 17.2 Å². The van der Waals surface area contributed by atoms with Gasteiger partial charge in [-0.05, 0) is 110 Å². The van der Waals surface area contributed by atoms with Crippen LogP contribution in [0.4, 0.5) is 0 Å². The molecule has 142 valence electrons. The number of hydrogen-bond donors (Lipinski definition) is 3. The maximum atomic E-state index is 10.0. The molecule has 0 saturated heterocycles. The first kappa shape index (κ1) is 20.4. The maximum absolute atomic E-state index is 10.0. The summed E-state index contributed by atoms with van der Waals surface area (Å²) in [6.07, 6.45) is 0. The molecule has 0 fully saturated rings. The van der Waals surface area contributed by atoms with Crippen LogP contribution >= 0.6 is 0 Å². The quantitative estimate of drug-likeness (QED) is 0.496. The Kier molecular flexibility index (Phi) is 6.17. The van der Waals surface area contributed by atoms with Gasteiger partial charge in [0, 0.05) is 0 Å². The highest BCUT2D eigenvalue weighted by atomic mass is 16.3. The Hall–Kier alpha value is -2.94. The number of benzene rings is 3. The van der Waals surface area contributed by atoms with E-state index in [0.717, 1.165) is 44.5 Å². The summed E-state index contributed by atoms with van der Waals surface area (Å²) in [4.78, 5) is 0. The van der Waals surface area contributed by atoms with Crippen LogP contribution in [0.25, 0.3) is 11.1 Å². The summed E-state index contributed by atoms with van der Waals surface area (Å²) in [6.45, 7) is 11.8. The van der Waals surface area contributed by atoms with Crippen molar-refractivity contribution in [2.24, 2.45) is 0 Å². The standard InChI is InChI=1S/C18H22O2.C6H6O/c1-9-7-15(11(3)13(5)17(9)19)16-8-10(2)18(20)14(6)12(16)4;7-6-4-2-1-3-5-6/h7-8,19-20H,1-6H3;1-5,7H. The summed E-state index contributed by atoms with van der Waals surface area (Å²) < 4.78 is 0. The predicted octanol–water partition coefficient (Wildman–Crippen LogP) is 6.01. The van der Waals surface area contributed by atoms with E-state index in [0.29, 0.717) is 17.2 Å². The second kappa shape index (κ2) is 8.17. The molecule has 3 N–H and O–H groups in total. The lowest BCUT2D eigenvalue weighted by molar-refractivity contribution is 0.465. The Morgan fingerprint density at radius 3 is 1.19 bits per heavy atom. The molecule has 0 aromatic heterocycles. The minimum absolute atomic E-state index is 0.322. The molecule has 0 radical (unpaired) electrons. The van der Waals surface area contributed by atoms with Crippen LogP contribution in [0.15, 0.2) is 42.5 Å². The monoisotopic (exact) mass is 364 g/mol. The first-order valence-corrected chi connectivity index (χ1v) is 8.99. The van der Waals surface area contributed by atoms with Crippen molar-refractivity contribution in [2.75, 3.05) is 0 Å². The lowest BCUT2D eigenvalue weighted by atomic mass is 9.88. The molecular weight excluding hydrogens is 336 g/mol. The van der Waals surface area contributed by atoms with Gasteiger partial charge in [0.25, 0.3) is 0 Å². The Morgan fingerprint density at radius 1 is 0.519 bits per heavy atom. The summed E-state index contributed by atoms with van der Waals surface area (Å²) in [5.74, 6) is 1.06. The molecule has 0 amide bonds. The second-order valence-electron chi connectivity index (χ2n) is 7.01. The normalized spacial score (nSPS) is 10.3. The fourth-order valence-electron chi connectivity index (χ4n) is 3.12. The lowest BCUT2D eigenvalue weighted by Crippen LogP contribution is -1.96. The molecule has 0 aliphatic heterocycles. The Labute approximate surface area is 161 Å². The van der Waals surface area contributed by atoms with Gasteiger partial charge in [-0.15, -0.1) is 0 Å². The van der Waals surface area contributed by atoms with Gasteiger partial charge in [-0.1, -0.05) is 18.2 Å². The average molecular weight is 364 g/mol. The van der Waals surface area contributed by atoms with Crippen LogP contribution in [-0.4, -0.2) is 15.3 Å². The summed E-state index contributed by atoms with van der Waals surface area (Å²) in [7, 11) is 0. The van der Waals surface area contributed by atoms with Crippen LogP contribution in [0, 0.1) is 41.5 Å². The minimum Gasteiger partial charge on any atom is -0.508 e. The van der Waals surface area contributed by atoms with Gasteiger partial charge in [0.05, 0.1) is 0 Å². The van der Waals surface area contributed by atoms with E-state index in [2.05, 4.69) is 0 Å². The molecule has 27 heavy (non-hydrogen) atoms. The number of rotatable bonds is 1. The van der Waals surface area contributed by atoms with Crippen molar-refractivity contribution < 1.29 is 15.3 Å². The van der Waals surface area contributed by atoms with Gasteiger partial charge in [0.15, 0.2) is 0 Å². The van der Waals surface area contributed by atoms with E-state index in [1.54, 1.807) is 24.3 Å². The van der Waals surface area contributed by atoms with Gasteiger partial charge >= 0.3 is 0 Å². The molecule has 3 nitrogen and oxygen atoms in total. The first-order valence-electron chi connectivity index (χ1n) is 8.99. The summed E-state index contributed by atoms with van der Waals surface area (Å²) in [5.41, 5.74) is 8.02. The van der Waals surface area contributed by atoms with Crippen molar-refractivity contribution in [1.29, 1.82) is 0 Å². The third-order valence-corrected chi connectivity index (χ3v) is 5.16. The van der Waals surface area contributed by atoms with Crippen LogP contribution < -0.4 is 0 Å². The van der Waals surface area contributed by atoms with Crippen molar-refractivity contribution in [2.45, 2.75) is 41.5 Å². The predicted molar refractivity (Wildman–Crippen MR) is 112 cm³/mol. The zero-order chi connectivity index (χ0) is 20.3. The number of phenolic OH excluding ortho intramolecular Hbond substituents is 3. The van der Waals surface area contributed by atoms with E-state index in [1.165, 1.54) is 0 Å². The minimum atomic E-state index is 0.322. The SMILES string of the molecule is Cc1cc(-c2cc(C)c(O)c(C)c2C)c(C)c(C)c1O.Oc1ccccc1. The highest BCUT2D eigenvalue weighted by Gasteiger charge is 2.15. The molecule has 0 aliphatic rings. The molecule has 0 saturated carbocycles. The van der Waals surface area contributed by atoms with Crippen LogP contribution in [0.2, 0.25) is 0 Å². The molecule has 3 aromatic rings. The van der Waals surface area contributed by atoms with E-state index < -0.39 is 0 Å². The van der Waals surface area contributed by atoms with Crippen LogP contribution in [0.3, 0.4) is 0 Å². The third kappa shape index (κ3) is 4.25. The van der Waals surface area contributed by atoms with Crippen molar-refractivity contribution >= 4 is 0 Å². The third-order valence-electron chi connectivity index (χ3n) is 5.16. The molecule has 0 spiro atoms. The highest BCUT2D eigenvalue weighted by Crippen LogP contribution is 2.38. The van der Waals surface area contributed by atoms with Gasteiger partial charge < -0.3 is 15.3 Å². The van der Waals surface area contributed by atoms with Gasteiger partial charge in [-0.3, -0.25) is 0 Å². The molecule has 3 rings (SSSR count). The van der Waals surface area contributed by atoms with Crippen molar-refractivity contribution in [3.63, 3.8) is 0 Å². The molecule has 3 heteroatoms. The highest BCUT2D eigenvalue weighted by molar-refractivity contribution is 5.76. The van der Waals surface area contributed by atoms with E-state index in [1.807, 2.05) is 59.7 Å². The zero-order valence-corrected chi connectivity index (χ0v) is 16.9. The summed E-state index contributed by atoms with van der Waals surface area (Å²) >= 11 is 0. The largest absolute Gasteiger partial charge is 0.508 e. The number of para-hydroxylation sites is 1. The number of aryl methyl sites for hydroxylation is 2. The molecule has 0 bridgehead atoms. The molecule has 3 aromatic carbocycles. The molecule has 0 unspecified atom stereocenters. The average Bonchev–Trinajstić information content (AvgIpc) is 2.65. The van der Waals surface area contributed by atoms with Crippen molar-refractivity contribution in [1.82, 2.24) is 0 Å². The van der Waals surface area contributed by atoms with Crippen LogP contribution in [-0.2, 0) is 0 Å². The summed E-state index contributed by atoms with van der Waals surface area (Å²) in [5, 5.41) is 28.7. The van der Waals surface area contributed by atoms with E-state index >= 15 is 0 Å². The van der Waals surface area contributed by atoms with Gasteiger partial charge in [-0.2, -0.15) is 0 Å². The Morgan fingerprint density at radius 2 is 0.889 bits per heavy atom. The number of hydrogen-bond acceptors (Lipinski definition) is 3. The summed E-state index contributed by atoms with van der Waals surface area (Å²) in [6, 6.07) is 12.8. The maximum Gasteiger partial charge on any atom is 0.121 e. The fourth-order valence-corrected chi connectivity index (χ4v) is 3.12. The van der Waals surface area contributed by atoms with E-state index in [9.17, 15) is 10.2 Å². The first-order chi connectivity index (χ1) is 12.6. The smallest absolute Gasteiger partial charge is 0.121 e.